The summed E-state index contributed by atoms with van der Waals surface area (Å²) >= 11 is 0. The minimum Gasteiger partial charge on any atom is -0.481 e. The summed E-state index contributed by atoms with van der Waals surface area (Å²) in [5, 5.41) is 9.97. The fourth-order valence-corrected chi connectivity index (χ4v) is 4.85. The zero-order valence-electron chi connectivity index (χ0n) is 20.8. The Kier molecular flexibility index (Phi) is 6.17. The summed E-state index contributed by atoms with van der Waals surface area (Å²) in [4.78, 5) is 41.4. The van der Waals surface area contributed by atoms with E-state index in [1.807, 2.05) is 55.3 Å². The zero-order chi connectivity index (χ0) is 26.3. The molecule has 0 bridgehead atoms. The van der Waals surface area contributed by atoms with Gasteiger partial charge < -0.3 is 19.6 Å². The molecule has 0 radical (unpaired) electrons. The number of aryl methyl sites for hydroxylation is 1. The van der Waals surface area contributed by atoms with E-state index < -0.39 is 12.1 Å². The summed E-state index contributed by atoms with van der Waals surface area (Å²) in [6.45, 7) is 2.25. The van der Waals surface area contributed by atoms with Gasteiger partial charge in [-0.1, -0.05) is 24.3 Å². The van der Waals surface area contributed by atoms with Gasteiger partial charge in [-0.2, -0.15) is 0 Å². The number of rotatable bonds is 5. The van der Waals surface area contributed by atoms with Crippen LogP contribution < -0.4 is 14.5 Å². The Morgan fingerprint density at radius 2 is 1.76 bits per heavy atom. The summed E-state index contributed by atoms with van der Waals surface area (Å²) in [6, 6.07) is 21.7. The van der Waals surface area contributed by atoms with Crippen molar-refractivity contribution in [1.82, 2.24) is 4.57 Å². The maximum absolute atomic E-state index is 13.4. The minimum atomic E-state index is -0.923. The number of para-hydroxylation sites is 2. The number of carboxylic acid groups (broad SMARTS) is 1. The molecule has 0 saturated carbocycles. The van der Waals surface area contributed by atoms with Crippen LogP contribution in [0.5, 0.6) is 5.75 Å². The molecule has 1 aliphatic rings. The third kappa shape index (κ3) is 4.42. The average Bonchev–Trinajstić information content (AvgIpc) is 3.24. The number of hydrogen-bond donors (Lipinski definition) is 1. The fourth-order valence-electron chi connectivity index (χ4n) is 4.85. The average molecular weight is 498 g/mol. The van der Waals surface area contributed by atoms with Gasteiger partial charge in [0.25, 0.3) is 11.8 Å². The van der Waals surface area contributed by atoms with Gasteiger partial charge in [-0.25, -0.2) is 0 Å². The third-order valence-electron chi connectivity index (χ3n) is 6.76. The first-order valence-corrected chi connectivity index (χ1v) is 12.0. The third-order valence-corrected chi connectivity index (χ3v) is 6.76. The lowest BCUT2D eigenvalue weighted by Gasteiger charge is -2.34. The first-order valence-electron chi connectivity index (χ1n) is 12.0. The molecule has 8 heteroatoms. The van der Waals surface area contributed by atoms with E-state index in [0.717, 1.165) is 11.1 Å². The van der Waals surface area contributed by atoms with Gasteiger partial charge in [0.05, 0.1) is 24.2 Å². The molecule has 1 aromatic heterocycles. The number of anilines is 2. The largest absolute Gasteiger partial charge is 0.481 e. The number of likely N-dealkylation sites (N-methyl/N-ethyl adjacent to an activating group) is 2. The van der Waals surface area contributed by atoms with E-state index >= 15 is 0 Å². The van der Waals surface area contributed by atoms with E-state index in [9.17, 15) is 19.5 Å². The Morgan fingerprint density at radius 1 is 1.03 bits per heavy atom. The maximum atomic E-state index is 13.4. The summed E-state index contributed by atoms with van der Waals surface area (Å²) in [5.41, 5.74) is 4.08. The second-order valence-corrected chi connectivity index (χ2v) is 9.25. The monoisotopic (exact) mass is 497 g/mol. The molecular weight excluding hydrogens is 470 g/mol. The highest BCUT2D eigenvalue weighted by Gasteiger charge is 2.31. The number of aliphatic carboxylic acids is 1. The van der Waals surface area contributed by atoms with Gasteiger partial charge in [-0.05, 0) is 61.0 Å². The van der Waals surface area contributed by atoms with Crippen LogP contribution in [0.1, 0.15) is 21.6 Å². The number of carbonyl (C=O) groups is 3. The quantitative estimate of drug-likeness (QED) is 0.446. The molecule has 1 atom stereocenters. The molecule has 1 unspecified atom stereocenters. The molecule has 37 heavy (non-hydrogen) atoms. The van der Waals surface area contributed by atoms with E-state index in [4.69, 9.17) is 4.74 Å². The van der Waals surface area contributed by atoms with E-state index in [1.165, 1.54) is 4.90 Å². The number of carboxylic acids is 1. The van der Waals surface area contributed by atoms with Crippen molar-refractivity contribution in [1.29, 1.82) is 0 Å². The lowest BCUT2D eigenvalue weighted by Crippen LogP contribution is -2.48. The lowest BCUT2D eigenvalue weighted by atomic mass is 10.1. The highest BCUT2D eigenvalue weighted by molar-refractivity contribution is 6.04. The Hall–Kier alpha value is -4.59. The number of fused-ring (bicyclic) bond motifs is 2. The molecule has 2 heterocycles. The number of nitrogens with zero attached hydrogens (tertiary/aromatic N) is 3. The van der Waals surface area contributed by atoms with E-state index in [2.05, 4.69) is 0 Å². The normalized spacial score (nSPS) is 14.7. The Bertz CT molecular complexity index is 1520. The molecule has 8 nitrogen and oxygen atoms in total. The van der Waals surface area contributed by atoms with Crippen molar-refractivity contribution in [3.05, 3.63) is 89.6 Å². The van der Waals surface area contributed by atoms with Crippen molar-refractivity contribution >= 4 is 40.1 Å². The van der Waals surface area contributed by atoms with Crippen LogP contribution in [0.25, 0.3) is 10.9 Å². The van der Waals surface area contributed by atoms with Crippen LogP contribution in [-0.2, 0) is 16.0 Å². The van der Waals surface area contributed by atoms with Crippen LogP contribution >= 0.6 is 0 Å². The van der Waals surface area contributed by atoms with Gasteiger partial charge in [0, 0.05) is 36.4 Å². The first-order chi connectivity index (χ1) is 17.7. The zero-order valence-corrected chi connectivity index (χ0v) is 20.8. The van der Waals surface area contributed by atoms with Crippen molar-refractivity contribution in [2.24, 2.45) is 0 Å². The minimum absolute atomic E-state index is 0.115. The summed E-state index contributed by atoms with van der Waals surface area (Å²) in [5.74, 6) is -0.661. The smallest absolute Gasteiger partial charge is 0.307 e. The fraction of sp³-hybridized carbons (Fsp3) is 0.207. The van der Waals surface area contributed by atoms with Crippen molar-refractivity contribution < 1.29 is 24.2 Å². The highest BCUT2D eigenvalue weighted by Crippen LogP contribution is 2.33. The van der Waals surface area contributed by atoms with Crippen LogP contribution in [0.15, 0.2) is 72.8 Å². The van der Waals surface area contributed by atoms with Gasteiger partial charge in [0.1, 0.15) is 5.75 Å². The molecule has 0 fully saturated rings. The Labute approximate surface area is 214 Å². The SMILES string of the molecule is Cc1cc2c(CC(=O)O)cccc2n1C(=O)c1ccc(N(C)C(=O)C2CN(C)c3ccccc3O2)cc1. The lowest BCUT2D eigenvalue weighted by molar-refractivity contribution is -0.136. The predicted octanol–water partition coefficient (Wildman–Crippen LogP) is 4.13. The van der Waals surface area contributed by atoms with Crippen molar-refractivity contribution in [3.63, 3.8) is 0 Å². The Morgan fingerprint density at radius 3 is 2.49 bits per heavy atom. The van der Waals surface area contributed by atoms with Crippen LogP contribution in [0, 0.1) is 6.92 Å². The van der Waals surface area contributed by atoms with Gasteiger partial charge in [-0.15, -0.1) is 0 Å². The predicted molar refractivity (Wildman–Crippen MR) is 142 cm³/mol. The van der Waals surface area contributed by atoms with Crippen LogP contribution in [0.3, 0.4) is 0 Å². The van der Waals surface area contributed by atoms with Crippen LogP contribution in [-0.4, -0.2) is 54.2 Å². The van der Waals surface area contributed by atoms with Gasteiger partial charge >= 0.3 is 5.97 Å². The standard InChI is InChI=1S/C29H27N3O5/c1-18-15-22-20(16-27(33)34)7-6-9-23(22)32(18)28(35)19-11-13-21(14-12-19)31(3)29(36)26-17-30(2)24-8-4-5-10-25(24)37-26/h4-15,26H,16-17H2,1-3H3,(H,33,34). The number of hydrogen-bond acceptors (Lipinski definition) is 5. The number of amides is 1. The molecule has 1 amide bonds. The second kappa shape index (κ2) is 9.46. The molecule has 0 spiro atoms. The molecule has 1 aliphatic heterocycles. The highest BCUT2D eigenvalue weighted by atomic mass is 16.5. The number of benzene rings is 3. The number of aromatic nitrogens is 1. The van der Waals surface area contributed by atoms with E-state index in [0.29, 0.717) is 40.3 Å². The van der Waals surface area contributed by atoms with Gasteiger partial charge in [-0.3, -0.25) is 19.0 Å². The molecule has 188 valence electrons. The van der Waals surface area contributed by atoms with Crippen LogP contribution in [0.2, 0.25) is 0 Å². The molecule has 4 aromatic rings. The molecule has 0 saturated heterocycles. The summed E-state index contributed by atoms with van der Waals surface area (Å²) < 4.78 is 7.57. The van der Waals surface area contributed by atoms with Crippen molar-refractivity contribution in [3.8, 4) is 5.75 Å². The molecular formula is C29H27N3O5. The number of ether oxygens (including phenoxy) is 1. The number of carbonyl (C=O) groups excluding carboxylic acids is 2. The molecule has 3 aromatic carbocycles. The van der Waals surface area contributed by atoms with Gasteiger partial charge in [0.2, 0.25) is 0 Å². The Balaban J connectivity index is 1.37. The topological polar surface area (TPSA) is 92.1 Å². The summed E-state index contributed by atoms with van der Waals surface area (Å²) in [6.07, 6.45) is -0.768. The maximum Gasteiger partial charge on any atom is 0.307 e. The second-order valence-electron chi connectivity index (χ2n) is 9.25. The van der Waals surface area contributed by atoms with Crippen molar-refractivity contribution in [2.45, 2.75) is 19.4 Å². The van der Waals surface area contributed by atoms with Gasteiger partial charge in [0.15, 0.2) is 6.10 Å². The van der Waals surface area contributed by atoms with Crippen LogP contribution in [0.4, 0.5) is 11.4 Å². The van der Waals surface area contributed by atoms with Crippen molar-refractivity contribution in [2.75, 3.05) is 30.4 Å². The molecule has 1 N–H and O–H groups in total. The van der Waals surface area contributed by atoms with E-state index in [1.54, 1.807) is 48.0 Å². The first kappa shape index (κ1) is 24.1. The summed E-state index contributed by atoms with van der Waals surface area (Å²) in [7, 11) is 3.62. The molecule has 0 aliphatic carbocycles. The molecule has 5 rings (SSSR count). The van der Waals surface area contributed by atoms with E-state index in [-0.39, 0.29) is 18.2 Å².